The Hall–Kier alpha value is -1.31. The van der Waals surface area contributed by atoms with Gasteiger partial charge >= 0.3 is 0 Å². The van der Waals surface area contributed by atoms with Gasteiger partial charge in [0.2, 0.25) is 0 Å². The van der Waals surface area contributed by atoms with Crippen LogP contribution in [0.3, 0.4) is 0 Å². The Morgan fingerprint density at radius 1 is 1.45 bits per heavy atom. The number of phenols is 1. The fourth-order valence-corrected chi connectivity index (χ4v) is 0.962. The molecule has 0 heterocycles. The molecule has 2 nitrogen and oxygen atoms in total. The topological polar surface area (TPSA) is 44.1 Å². The molecule has 2 heteroatoms. The summed E-state index contributed by atoms with van der Waals surface area (Å²) in [4.78, 5) is 0. The first-order valence-electron chi connectivity index (χ1n) is 3.47. The lowest BCUT2D eigenvalue weighted by atomic mass is 10.1. The van der Waals surface area contributed by atoms with Crippen LogP contribution in [-0.2, 0) is 0 Å². The van der Waals surface area contributed by atoms with Gasteiger partial charge in [0.25, 0.3) is 0 Å². The third-order valence-electron chi connectivity index (χ3n) is 1.64. The second-order valence-electron chi connectivity index (χ2n) is 2.60. The van der Waals surface area contributed by atoms with Crippen molar-refractivity contribution in [2.45, 2.75) is 13.8 Å². The van der Waals surface area contributed by atoms with E-state index in [4.69, 9.17) is 5.41 Å². The first-order valence-corrected chi connectivity index (χ1v) is 3.47. The van der Waals surface area contributed by atoms with Crippen molar-refractivity contribution < 1.29 is 5.11 Å². The van der Waals surface area contributed by atoms with Gasteiger partial charge in [0.15, 0.2) is 0 Å². The average molecular weight is 149 g/mol. The molecule has 0 saturated carbocycles. The Labute approximate surface area is 66.0 Å². The maximum Gasteiger partial charge on any atom is 0.127 e. The van der Waals surface area contributed by atoms with E-state index < -0.39 is 0 Å². The number of aromatic hydroxyl groups is 1. The molecule has 0 aromatic heterocycles. The van der Waals surface area contributed by atoms with Crippen LogP contribution in [-0.4, -0.2) is 10.8 Å². The van der Waals surface area contributed by atoms with Crippen molar-refractivity contribution in [3.63, 3.8) is 0 Å². The summed E-state index contributed by atoms with van der Waals surface area (Å²) in [5, 5.41) is 16.7. The fraction of sp³-hybridized carbons (Fsp3) is 0.222. The maximum absolute atomic E-state index is 9.43. The number of benzene rings is 1. The summed E-state index contributed by atoms with van der Waals surface area (Å²) in [6, 6.07) is 5.40. The average Bonchev–Trinajstić information content (AvgIpc) is 1.94. The Kier molecular flexibility index (Phi) is 1.94. The number of nitrogens with one attached hydrogen (secondary N) is 1. The highest BCUT2D eigenvalue weighted by molar-refractivity contribution is 5.98. The molecule has 2 N–H and O–H groups in total. The molecule has 0 unspecified atom stereocenters. The SMILES string of the molecule is CC(=N)c1cccc(C)c1O. The molecule has 0 radical (unpaired) electrons. The third-order valence-corrected chi connectivity index (χ3v) is 1.64. The Morgan fingerprint density at radius 2 is 2.09 bits per heavy atom. The summed E-state index contributed by atoms with van der Waals surface area (Å²) in [5.74, 6) is 0.222. The Morgan fingerprint density at radius 3 is 2.55 bits per heavy atom. The van der Waals surface area contributed by atoms with Crippen LogP contribution in [0, 0.1) is 12.3 Å². The highest BCUT2D eigenvalue weighted by Gasteiger charge is 2.03. The first kappa shape index (κ1) is 7.79. The summed E-state index contributed by atoms with van der Waals surface area (Å²) in [5.41, 5.74) is 1.82. The molecule has 0 fully saturated rings. The highest BCUT2D eigenvalue weighted by Crippen LogP contribution is 2.21. The third kappa shape index (κ3) is 1.40. The smallest absolute Gasteiger partial charge is 0.127 e. The van der Waals surface area contributed by atoms with Gasteiger partial charge in [-0.25, -0.2) is 0 Å². The molecule has 0 spiro atoms. The molecule has 0 aliphatic carbocycles. The monoisotopic (exact) mass is 149 g/mol. The zero-order valence-electron chi connectivity index (χ0n) is 6.68. The molecular formula is C9H11NO. The van der Waals surface area contributed by atoms with Crippen molar-refractivity contribution in [3.8, 4) is 5.75 Å². The molecule has 58 valence electrons. The van der Waals surface area contributed by atoms with Crippen LogP contribution in [0.4, 0.5) is 0 Å². The van der Waals surface area contributed by atoms with E-state index in [0.717, 1.165) is 5.56 Å². The molecule has 0 amide bonds. The summed E-state index contributed by atoms with van der Waals surface area (Å²) in [7, 11) is 0. The molecule has 0 atom stereocenters. The van der Waals surface area contributed by atoms with E-state index in [0.29, 0.717) is 11.3 Å². The number of hydrogen-bond donors (Lipinski definition) is 2. The highest BCUT2D eigenvalue weighted by atomic mass is 16.3. The predicted molar refractivity (Wildman–Crippen MR) is 45.3 cm³/mol. The van der Waals surface area contributed by atoms with E-state index in [1.54, 1.807) is 13.0 Å². The zero-order chi connectivity index (χ0) is 8.43. The van der Waals surface area contributed by atoms with Gasteiger partial charge in [-0.1, -0.05) is 12.1 Å². The van der Waals surface area contributed by atoms with Crippen molar-refractivity contribution in [1.82, 2.24) is 0 Å². The second kappa shape index (κ2) is 2.74. The molecule has 0 bridgehead atoms. The predicted octanol–water partition coefficient (Wildman–Crippen LogP) is 2.09. The Balaban J connectivity index is 3.27. The molecule has 0 aliphatic heterocycles. The molecule has 1 rings (SSSR count). The van der Waals surface area contributed by atoms with Gasteiger partial charge in [-0.15, -0.1) is 0 Å². The first-order chi connectivity index (χ1) is 5.13. The van der Waals surface area contributed by atoms with Crippen molar-refractivity contribution in [3.05, 3.63) is 29.3 Å². The van der Waals surface area contributed by atoms with Crippen molar-refractivity contribution in [1.29, 1.82) is 5.41 Å². The van der Waals surface area contributed by atoms with Gasteiger partial charge in [0, 0.05) is 11.3 Å². The minimum absolute atomic E-state index is 0.222. The van der Waals surface area contributed by atoms with Gasteiger partial charge < -0.3 is 10.5 Å². The van der Waals surface area contributed by atoms with E-state index in [1.165, 1.54) is 0 Å². The van der Waals surface area contributed by atoms with E-state index in [9.17, 15) is 5.11 Å². The molecule has 1 aromatic carbocycles. The maximum atomic E-state index is 9.43. The van der Waals surface area contributed by atoms with Gasteiger partial charge in [-0.3, -0.25) is 0 Å². The van der Waals surface area contributed by atoms with Crippen LogP contribution in [0.15, 0.2) is 18.2 Å². The van der Waals surface area contributed by atoms with Crippen molar-refractivity contribution in [2.75, 3.05) is 0 Å². The number of aryl methyl sites for hydroxylation is 1. The number of rotatable bonds is 1. The van der Waals surface area contributed by atoms with Crippen LogP contribution in [0.5, 0.6) is 5.75 Å². The van der Waals surface area contributed by atoms with Gasteiger partial charge in [0.1, 0.15) is 5.75 Å². The van der Waals surface area contributed by atoms with Gasteiger partial charge in [-0.2, -0.15) is 0 Å². The van der Waals surface area contributed by atoms with Crippen LogP contribution in [0.25, 0.3) is 0 Å². The summed E-state index contributed by atoms with van der Waals surface area (Å²) in [6.45, 7) is 3.48. The van der Waals surface area contributed by atoms with E-state index in [1.807, 2.05) is 19.1 Å². The molecule has 1 aromatic rings. The number of hydrogen-bond acceptors (Lipinski definition) is 2. The minimum Gasteiger partial charge on any atom is -0.507 e. The van der Waals surface area contributed by atoms with Crippen LogP contribution < -0.4 is 0 Å². The molecule has 11 heavy (non-hydrogen) atoms. The largest absolute Gasteiger partial charge is 0.507 e. The standard InChI is InChI=1S/C9H11NO/c1-6-4-3-5-8(7(2)10)9(6)11/h3-5,10-11H,1-2H3. The number of para-hydroxylation sites is 1. The van der Waals surface area contributed by atoms with Crippen molar-refractivity contribution >= 4 is 5.71 Å². The summed E-state index contributed by atoms with van der Waals surface area (Å²) in [6.07, 6.45) is 0. The lowest BCUT2D eigenvalue weighted by Gasteiger charge is -2.03. The number of phenolic OH excluding ortho intramolecular Hbond substituents is 1. The molecule has 0 saturated heterocycles. The minimum atomic E-state index is 0.222. The van der Waals surface area contributed by atoms with Crippen LogP contribution in [0.1, 0.15) is 18.1 Å². The van der Waals surface area contributed by atoms with Crippen molar-refractivity contribution in [2.24, 2.45) is 0 Å². The van der Waals surface area contributed by atoms with Crippen LogP contribution in [0.2, 0.25) is 0 Å². The summed E-state index contributed by atoms with van der Waals surface area (Å²) >= 11 is 0. The van der Waals surface area contributed by atoms with E-state index in [-0.39, 0.29) is 5.75 Å². The fourth-order valence-electron chi connectivity index (χ4n) is 0.962. The van der Waals surface area contributed by atoms with E-state index >= 15 is 0 Å². The van der Waals surface area contributed by atoms with E-state index in [2.05, 4.69) is 0 Å². The molecular weight excluding hydrogens is 138 g/mol. The normalized spacial score (nSPS) is 9.64. The zero-order valence-corrected chi connectivity index (χ0v) is 6.68. The van der Waals surface area contributed by atoms with Gasteiger partial charge in [0.05, 0.1) is 0 Å². The summed E-state index contributed by atoms with van der Waals surface area (Å²) < 4.78 is 0. The molecule has 0 aliphatic rings. The quantitative estimate of drug-likeness (QED) is 0.590. The lowest BCUT2D eigenvalue weighted by molar-refractivity contribution is 0.470. The Bertz CT molecular complexity index is 292. The van der Waals surface area contributed by atoms with Gasteiger partial charge in [-0.05, 0) is 25.5 Å². The second-order valence-corrected chi connectivity index (χ2v) is 2.60. The van der Waals surface area contributed by atoms with Crippen LogP contribution >= 0.6 is 0 Å². The lowest BCUT2D eigenvalue weighted by Crippen LogP contribution is -1.93.